The van der Waals surface area contributed by atoms with Crippen LogP contribution in [0, 0.1) is 0 Å². The summed E-state index contributed by atoms with van der Waals surface area (Å²) in [5, 5.41) is 4.79. The Hall–Kier alpha value is -1.06. The topological polar surface area (TPSA) is 41.5 Å². The largest absolute Gasteiger partial charge is 0.273 e. The summed E-state index contributed by atoms with van der Waals surface area (Å²) in [7, 11) is 0. The number of nitrogens with one attached hydrogen (secondary N) is 1. The molecule has 0 heterocycles. The van der Waals surface area contributed by atoms with Gasteiger partial charge in [-0.3, -0.25) is 4.79 Å². The molecule has 0 aliphatic heterocycles. The van der Waals surface area contributed by atoms with Crippen molar-refractivity contribution in [1.82, 2.24) is 5.43 Å². The third kappa shape index (κ3) is 3.83. The third-order valence-electron chi connectivity index (χ3n) is 1.86. The van der Waals surface area contributed by atoms with E-state index in [-0.39, 0.29) is 5.91 Å². The number of halogens is 2. The zero-order valence-corrected chi connectivity index (χ0v) is 10.3. The Morgan fingerprint density at radius 2 is 2.06 bits per heavy atom. The van der Waals surface area contributed by atoms with Gasteiger partial charge in [0.1, 0.15) is 0 Å². The second-order valence-electron chi connectivity index (χ2n) is 3.18. The molecule has 0 unspecified atom stereocenters. The summed E-state index contributed by atoms with van der Waals surface area (Å²) < 4.78 is 0. The molecule has 3 nitrogen and oxygen atoms in total. The van der Waals surface area contributed by atoms with Crippen LogP contribution in [0.3, 0.4) is 0 Å². The second-order valence-corrected chi connectivity index (χ2v) is 3.99. The summed E-state index contributed by atoms with van der Waals surface area (Å²) in [6, 6.07) is 5.17. The lowest BCUT2D eigenvalue weighted by atomic mass is 10.2. The zero-order chi connectivity index (χ0) is 12.0. The van der Waals surface area contributed by atoms with Gasteiger partial charge in [-0.25, -0.2) is 5.43 Å². The van der Waals surface area contributed by atoms with E-state index in [2.05, 4.69) is 10.5 Å². The average Bonchev–Trinajstić information content (AvgIpc) is 2.23. The molecule has 0 aliphatic carbocycles. The highest BCUT2D eigenvalue weighted by atomic mass is 35.5. The maximum atomic E-state index is 11.1. The van der Waals surface area contributed by atoms with E-state index in [1.807, 2.05) is 6.92 Å². The minimum atomic E-state index is -0.123. The predicted molar refractivity (Wildman–Crippen MR) is 67.1 cm³/mol. The smallest absolute Gasteiger partial charge is 0.240 e. The van der Waals surface area contributed by atoms with Gasteiger partial charge >= 0.3 is 0 Å². The Balaban J connectivity index is 2.66. The second kappa shape index (κ2) is 6.51. The third-order valence-corrected chi connectivity index (χ3v) is 2.52. The summed E-state index contributed by atoms with van der Waals surface area (Å²) in [5.74, 6) is -0.123. The Bertz CT molecular complexity index is 385. The fourth-order valence-electron chi connectivity index (χ4n) is 1.09. The van der Waals surface area contributed by atoms with E-state index in [9.17, 15) is 4.79 Å². The molecule has 1 aromatic rings. The summed E-state index contributed by atoms with van der Waals surface area (Å²) >= 11 is 11.8. The predicted octanol–water partition coefficient (Wildman–Crippen LogP) is 3.24. The van der Waals surface area contributed by atoms with Gasteiger partial charge in [-0.1, -0.05) is 36.2 Å². The number of benzene rings is 1. The highest BCUT2D eigenvalue weighted by Gasteiger charge is 2.02. The quantitative estimate of drug-likeness (QED) is 0.654. The minimum absolute atomic E-state index is 0.123. The van der Waals surface area contributed by atoms with Gasteiger partial charge in [0.2, 0.25) is 5.91 Å². The highest BCUT2D eigenvalue weighted by Crippen LogP contribution is 2.21. The van der Waals surface area contributed by atoms with Gasteiger partial charge in [-0.15, -0.1) is 0 Å². The first-order valence-corrected chi connectivity index (χ1v) is 5.66. The van der Waals surface area contributed by atoms with Crippen LogP contribution in [-0.4, -0.2) is 12.1 Å². The van der Waals surface area contributed by atoms with Crippen molar-refractivity contribution in [3.8, 4) is 0 Å². The van der Waals surface area contributed by atoms with Crippen molar-refractivity contribution in [2.45, 2.75) is 19.8 Å². The monoisotopic (exact) mass is 258 g/mol. The fourth-order valence-corrected chi connectivity index (χ4v) is 1.58. The van der Waals surface area contributed by atoms with Crippen LogP contribution in [0.4, 0.5) is 0 Å². The molecule has 0 radical (unpaired) electrons. The summed E-state index contributed by atoms with van der Waals surface area (Å²) in [6.45, 7) is 1.92. The Labute approximate surface area is 104 Å². The molecule has 0 spiro atoms. The minimum Gasteiger partial charge on any atom is -0.273 e. The average molecular weight is 259 g/mol. The molecule has 1 aromatic carbocycles. The van der Waals surface area contributed by atoms with Gasteiger partial charge in [-0.05, 0) is 18.6 Å². The molecule has 0 atom stereocenters. The van der Waals surface area contributed by atoms with Gasteiger partial charge in [0.15, 0.2) is 0 Å². The van der Waals surface area contributed by atoms with Crippen LogP contribution >= 0.6 is 23.2 Å². The van der Waals surface area contributed by atoms with Gasteiger partial charge in [0.25, 0.3) is 0 Å². The van der Waals surface area contributed by atoms with Crippen molar-refractivity contribution in [2.75, 3.05) is 0 Å². The van der Waals surface area contributed by atoms with Crippen LogP contribution in [0.15, 0.2) is 23.3 Å². The molecule has 0 aromatic heterocycles. The first-order valence-electron chi connectivity index (χ1n) is 4.91. The Morgan fingerprint density at radius 1 is 1.44 bits per heavy atom. The Kier molecular flexibility index (Phi) is 5.29. The number of amides is 1. The van der Waals surface area contributed by atoms with Crippen LogP contribution in [0.2, 0.25) is 10.0 Å². The van der Waals surface area contributed by atoms with E-state index in [1.165, 1.54) is 6.21 Å². The van der Waals surface area contributed by atoms with E-state index < -0.39 is 0 Å². The van der Waals surface area contributed by atoms with Gasteiger partial charge in [-0.2, -0.15) is 5.10 Å². The molecule has 0 fully saturated rings. The number of hydrogen-bond acceptors (Lipinski definition) is 2. The SMILES string of the molecule is CCCC(=O)NN=Cc1c(Cl)cccc1Cl. The number of hydrazone groups is 1. The first-order chi connectivity index (χ1) is 7.65. The van der Waals surface area contributed by atoms with E-state index in [0.29, 0.717) is 22.0 Å². The number of rotatable bonds is 4. The molecular formula is C11H12Cl2N2O. The van der Waals surface area contributed by atoms with Gasteiger partial charge in [0.05, 0.1) is 16.3 Å². The molecule has 5 heteroatoms. The number of carbonyl (C=O) groups excluding carboxylic acids is 1. The standard InChI is InChI=1S/C11H12Cl2N2O/c1-2-4-11(16)15-14-7-8-9(12)5-3-6-10(8)13/h3,5-7H,2,4H2,1H3,(H,15,16). The van der Waals surface area contributed by atoms with Crippen molar-refractivity contribution in [3.63, 3.8) is 0 Å². The lowest BCUT2D eigenvalue weighted by molar-refractivity contribution is -0.121. The molecule has 0 saturated carbocycles. The molecular weight excluding hydrogens is 247 g/mol. The van der Waals surface area contributed by atoms with Gasteiger partial charge in [0, 0.05) is 12.0 Å². The van der Waals surface area contributed by atoms with Crippen molar-refractivity contribution in [1.29, 1.82) is 0 Å². The summed E-state index contributed by atoms with van der Waals surface area (Å²) in [6.07, 6.45) is 2.68. The fraction of sp³-hybridized carbons (Fsp3) is 0.273. The van der Waals surface area contributed by atoms with E-state index >= 15 is 0 Å². The lowest BCUT2D eigenvalue weighted by Crippen LogP contribution is -2.16. The molecule has 0 saturated heterocycles. The van der Waals surface area contributed by atoms with Crippen molar-refractivity contribution >= 4 is 35.3 Å². The normalized spacial score (nSPS) is 10.7. The van der Waals surface area contributed by atoms with Crippen LogP contribution in [0.1, 0.15) is 25.3 Å². The van der Waals surface area contributed by atoms with E-state index in [4.69, 9.17) is 23.2 Å². The molecule has 16 heavy (non-hydrogen) atoms. The number of carbonyl (C=O) groups is 1. The first kappa shape index (κ1) is 13.0. The Morgan fingerprint density at radius 3 is 2.62 bits per heavy atom. The van der Waals surface area contributed by atoms with E-state index in [1.54, 1.807) is 18.2 Å². The zero-order valence-electron chi connectivity index (χ0n) is 8.84. The molecule has 0 aliphatic rings. The summed E-state index contributed by atoms with van der Waals surface area (Å²) in [5.41, 5.74) is 3.00. The van der Waals surface area contributed by atoms with Crippen LogP contribution in [-0.2, 0) is 4.79 Å². The van der Waals surface area contributed by atoms with Crippen LogP contribution in [0.25, 0.3) is 0 Å². The van der Waals surface area contributed by atoms with Crippen molar-refractivity contribution in [2.24, 2.45) is 5.10 Å². The molecule has 1 N–H and O–H groups in total. The van der Waals surface area contributed by atoms with Crippen molar-refractivity contribution in [3.05, 3.63) is 33.8 Å². The number of nitrogens with zero attached hydrogens (tertiary/aromatic N) is 1. The van der Waals surface area contributed by atoms with E-state index in [0.717, 1.165) is 6.42 Å². The lowest BCUT2D eigenvalue weighted by Gasteiger charge is -2.00. The summed E-state index contributed by atoms with van der Waals surface area (Å²) in [4.78, 5) is 11.1. The maximum absolute atomic E-state index is 11.1. The molecule has 1 rings (SSSR count). The van der Waals surface area contributed by atoms with Gasteiger partial charge < -0.3 is 0 Å². The van der Waals surface area contributed by atoms with Crippen LogP contribution < -0.4 is 5.43 Å². The van der Waals surface area contributed by atoms with Crippen molar-refractivity contribution < 1.29 is 4.79 Å². The molecule has 0 bridgehead atoms. The number of hydrogen-bond donors (Lipinski definition) is 1. The highest BCUT2D eigenvalue weighted by molar-refractivity contribution is 6.38. The maximum Gasteiger partial charge on any atom is 0.240 e. The van der Waals surface area contributed by atoms with Crippen LogP contribution in [0.5, 0.6) is 0 Å². The molecule has 1 amide bonds. The molecule has 86 valence electrons.